The summed E-state index contributed by atoms with van der Waals surface area (Å²) in [5, 5.41) is 5.79. The largest absolute Gasteiger partial charge is 0.376 e. The summed E-state index contributed by atoms with van der Waals surface area (Å²) in [6, 6.07) is 8.04. The molecule has 23 heavy (non-hydrogen) atoms. The summed E-state index contributed by atoms with van der Waals surface area (Å²) in [6.45, 7) is 1.93. The lowest BCUT2D eigenvalue weighted by atomic mass is 10.1. The number of amides is 1. The van der Waals surface area contributed by atoms with Gasteiger partial charge in [0.15, 0.2) is 0 Å². The highest BCUT2D eigenvalue weighted by Crippen LogP contribution is 2.24. The van der Waals surface area contributed by atoms with E-state index >= 15 is 0 Å². The molecule has 5 nitrogen and oxygen atoms in total. The van der Waals surface area contributed by atoms with E-state index in [1.807, 2.05) is 29.6 Å². The minimum atomic E-state index is -0.00386. The van der Waals surface area contributed by atoms with E-state index in [0.717, 1.165) is 41.3 Å². The molecule has 1 aliphatic heterocycles. The normalized spacial score (nSPS) is 17.3. The second kappa shape index (κ2) is 7.68. The van der Waals surface area contributed by atoms with Gasteiger partial charge in [-0.25, -0.2) is 4.98 Å². The number of nitrogens with one attached hydrogen (secondary N) is 1. The number of rotatable bonds is 6. The number of aromatic nitrogens is 1. The highest BCUT2D eigenvalue weighted by molar-refractivity contribution is 7.13. The molecule has 0 bridgehead atoms. The zero-order valence-corrected chi connectivity index (χ0v) is 13.8. The third-order valence-electron chi connectivity index (χ3n) is 3.88. The van der Waals surface area contributed by atoms with Crippen LogP contribution in [-0.2, 0) is 22.5 Å². The van der Waals surface area contributed by atoms with E-state index in [0.29, 0.717) is 19.5 Å². The molecule has 1 atom stereocenters. The van der Waals surface area contributed by atoms with Gasteiger partial charge in [0.1, 0.15) is 5.01 Å². The van der Waals surface area contributed by atoms with Gasteiger partial charge in [0.05, 0.1) is 18.2 Å². The molecule has 2 heterocycles. The predicted molar refractivity (Wildman–Crippen MR) is 91.1 cm³/mol. The Labute approximate surface area is 139 Å². The maximum Gasteiger partial charge on any atom is 0.226 e. The van der Waals surface area contributed by atoms with Crippen molar-refractivity contribution < 1.29 is 9.53 Å². The number of carbonyl (C=O) groups excluding carboxylic acids is 1. The predicted octanol–water partition coefficient (Wildman–Crippen LogP) is 2.11. The molecular weight excluding hydrogens is 310 g/mol. The van der Waals surface area contributed by atoms with Gasteiger partial charge in [-0.2, -0.15) is 0 Å². The molecule has 0 radical (unpaired) electrons. The van der Waals surface area contributed by atoms with E-state index in [4.69, 9.17) is 10.5 Å². The first-order chi connectivity index (χ1) is 11.2. The van der Waals surface area contributed by atoms with Crippen molar-refractivity contribution in [1.29, 1.82) is 0 Å². The molecule has 1 aliphatic rings. The highest BCUT2D eigenvalue weighted by Gasteiger charge is 2.16. The summed E-state index contributed by atoms with van der Waals surface area (Å²) >= 11 is 1.55. The van der Waals surface area contributed by atoms with Crippen molar-refractivity contribution in [1.82, 2.24) is 10.3 Å². The molecule has 1 aromatic heterocycles. The topological polar surface area (TPSA) is 77.2 Å². The quantitative estimate of drug-likeness (QED) is 0.850. The van der Waals surface area contributed by atoms with Crippen molar-refractivity contribution in [2.24, 2.45) is 5.73 Å². The molecule has 3 rings (SSSR count). The zero-order valence-electron chi connectivity index (χ0n) is 13.0. The van der Waals surface area contributed by atoms with E-state index < -0.39 is 0 Å². The van der Waals surface area contributed by atoms with Crippen molar-refractivity contribution in [2.75, 3.05) is 13.2 Å². The number of thiazole rings is 1. The zero-order chi connectivity index (χ0) is 16.1. The van der Waals surface area contributed by atoms with Crippen molar-refractivity contribution in [3.8, 4) is 10.6 Å². The van der Waals surface area contributed by atoms with Crippen LogP contribution >= 0.6 is 11.3 Å². The molecule has 1 amide bonds. The Hall–Kier alpha value is -1.76. The number of ether oxygens (including phenoxy) is 1. The molecule has 0 spiro atoms. The number of benzene rings is 1. The lowest BCUT2D eigenvalue weighted by molar-refractivity contribution is -0.121. The van der Waals surface area contributed by atoms with Crippen LogP contribution in [0.4, 0.5) is 0 Å². The summed E-state index contributed by atoms with van der Waals surface area (Å²) in [5.41, 5.74) is 8.56. The number of hydrogen-bond acceptors (Lipinski definition) is 5. The molecule has 1 aromatic carbocycles. The molecule has 2 aromatic rings. The van der Waals surface area contributed by atoms with Crippen LogP contribution in [0.25, 0.3) is 10.6 Å². The van der Waals surface area contributed by atoms with Crippen LogP contribution in [0.1, 0.15) is 24.1 Å². The SMILES string of the molecule is NCc1ccc(-c2nc(CC(=O)NCC3CCCO3)cs2)cc1. The standard InChI is InChI=1S/C17H21N3O2S/c18-9-12-3-5-13(6-4-12)17-20-14(11-23-17)8-16(21)19-10-15-2-1-7-22-15/h3-6,11,15H,1-2,7-10,18H2,(H,19,21). The van der Waals surface area contributed by atoms with E-state index in [2.05, 4.69) is 10.3 Å². The Kier molecular flexibility index (Phi) is 5.38. The minimum absolute atomic E-state index is 0.00386. The van der Waals surface area contributed by atoms with Gasteiger partial charge in [-0.3, -0.25) is 4.79 Å². The van der Waals surface area contributed by atoms with E-state index in [1.165, 1.54) is 0 Å². The van der Waals surface area contributed by atoms with Crippen molar-refractivity contribution in [3.63, 3.8) is 0 Å². The minimum Gasteiger partial charge on any atom is -0.376 e. The fourth-order valence-corrected chi connectivity index (χ4v) is 3.39. The molecule has 1 saturated heterocycles. The Morgan fingerprint density at radius 2 is 2.22 bits per heavy atom. The smallest absolute Gasteiger partial charge is 0.226 e. The van der Waals surface area contributed by atoms with Crippen LogP contribution in [0.15, 0.2) is 29.6 Å². The highest BCUT2D eigenvalue weighted by atomic mass is 32.1. The maximum atomic E-state index is 12.0. The summed E-state index contributed by atoms with van der Waals surface area (Å²) in [4.78, 5) is 16.5. The van der Waals surface area contributed by atoms with Gasteiger partial charge < -0.3 is 15.8 Å². The summed E-state index contributed by atoms with van der Waals surface area (Å²) in [7, 11) is 0. The summed E-state index contributed by atoms with van der Waals surface area (Å²) in [6.07, 6.45) is 2.59. The number of hydrogen-bond donors (Lipinski definition) is 2. The molecule has 6 heteroatoms. The molecular formula is C17H21N3O2S. The average molecular weight is 331 g/mol. The van der Waals surface area contributed by atoms with Gasteiger partial charge in [0, 0.05) is 30.6 Å². The van der Waals surface area contributed by atoms with Gasteiger partial charge in [0.2, 0.25) is 5.91 Å². The Morgan fingerprint density at radius 3 is 2.91 bits per heavy atom. The third-order valence-corrected chi connectivity index (χ3v) is 4.82. The monoisotopic (exact) mass is 331 g/mol. The number of nitrogens with zero attached hydrogens (tertiary/aromatic N) is 1. The molecule has 3 N–H and O–H groups in total. The Morgan fingerprint density at radius 1 is 1.39 bits per heavy atom. The third kappa shape index (κ3) is 4.37. The van der Waals surface area contributed by atoms with Crippen LogP contribution < -0.4 is 11.1 Å². The van der Waals surface area contributed by atoms with Gasteiger partial charge in [-0.1, -0.05) is 24.3 Å². The lowest BCUT2D eigenvalue weighted by Gasteiger charge is -2.09. The molecule has 1 unspecified atom stereocenters. The maximum absolute atomic E-state index is 12.0. The van der Waals surface area contributed by atoms with Gasteiger partial charge >= 0.3 is 0 Å². The van der Waals surface area contributed by atoms with Crippen LogP contribution in [0.5, 0.6) is 0 Å². The number of nitrogens with two attached hydrogens (primary N) is 1. The Bertz CT molecular complexity index is 648. The van der Waals surface area contributed by atoms with Crippen LogP contribution in [0.2, 0.25) is 0 Å². The van der Waals surface area contributed by atoms with Crippen LogP contribution in [-0.4, -0.2) is 30.1 Å². The first-order valence-electron chi connectivity index (χ1n) is 7.86. The van der Waals surface area contributed by atoms with Crippen molar-refractivity contribution in [2.45, 2.75) is 31.9 Å². The van der Waals surface area contributed by atoms with Gasteiger partial charge in [0.25, 0.3) is 0 Å². The first kappa shape index (κ1) is 16.1. The van der Waals surface area contributed by atoms with E-state index in [-0.39, 0.29) is 12.0 Å². The number of carbonyl (C=O) groups is 1. The molecule has 0 aliphatic carbocycles. The first-order valence-corrected chi connectivity index (χ1v) is 8.74. The Balaban J connectivity index is 1.54. The van der Waals surface area contributed by atoms with E-state index in [1.54, 1.807) is 11.3 Å². The lowest BCUT2D eigenvalue weighted by Crippen LogP contribution is -2.32. The van der Waals surface area contributed by atoms with Crippen molar-refractivity contribution in [3.05, 3.63) is 40.9 Å². The van der Waals surface area contributed by atoms with Gasteiger partial charge in [-0.15, -0.1) is 11.3 Å². The average Bonchev–Trinajstić information content (AvgIpc) is 3.25. The molecule has 1 fully saturated rings. The van der Waals surface area contributed by atoms with E-state index in [9.17, 15) is 4.79 Å². The van der Waals surface area contributed by atoms with Crippen LogP contribution in [0.3, 0.4) is 0 Å². The molecule has 0 saturated carbocycles. The molecule has 122 valence electrons. The summed E-state index contributed by atoms with van der Waals surface area (Å²) < 4.78 is 5.50. The second-order valence-corrected chi connectivity index (χ2v) is 6.52. The van der Waals surface area contributed by atoms with Crippen molar-refractivity contribution >= 4 is 17.2 Å². The second-order valence-electron chi connectivity index (χ2n) is 5.66. The summed E-state index contributed by atoms with van der Waals surface area (Å²) in [5.74, 6) is -0.00386. The fourth-order valence-electron chi connectivity index (χ4n) is 2.56. The van der Waals surface area contributed by atoms with Gasteiger partial charge in [-0.05, 0) is 18.4 Å². The van der Waals surface area contributed by atoms with Crippen LogP contribution in [0, 0.1) is 0 Å². The fraction of sp³-hybridized carbons (Fsp3) is 0.412.